The van der Waals surface area contributed by atoms with E-state index in [4.69, 9.17) is 0 Å². The van der Waals surface area contributed by atoms with Crippen molar-refractivity contribution in [2.75, 3.05) is 0 Å². The van der Waals surface area contributed by atoms with Gasteiger partial charge in [-0.2, -0.15) is 0 Å². The van der Waals surface area contributed by atoms with Crippen LogP contribution in [0.4, 0.5) is 17.6 Å². The molecule has 0 amide bonds. The zero-order valence-electron chi connectivity index (χ0n) is 16.1. The largest absolute Gasteiger partial charge is 0.573 e. The topological polar surface area (TPSA) is 9.23 Å². The summed E-state index contributed by atoms with van der Waals surface area (Å²) in [5.41, 5.74) is 3.27. The van der Waals surface area contributed by atoms with E-state index in [0.29, 0.717) is 11.3 Å². The summed E-state index contributed by atoms with van der Waals surface area (Å²) in [5, 5.41) is 1.55. The first-order chi connectivity index (χ1) is 13.9. The highest BCUT2D eigenvalue weighted by Gasteiger charge is 2.33. The summed E-state index contributed by atoms with van der Waals surface area (Å²) in [5.74, 6) is 0.0234. The van der Waals surface area contributed by atoms with Gasteiger partial charge in [0.05, 0.1) is 0 Å². The Morgan fingerprint density at radius 3 is 2.41 bits per heavy atom. The summed E-state index contributed by atoms with van der Waals surface area (Å²) in [6.45, 7) is 2.14. The molecule has 0 bridgehead atoms. The van der Waals surface area contributed by atoms with Crippen LogP contribution in [-0.2, 0) is 6.42 Å². The molecule has 2 unspecified atom stereocenters. The van der Waals surface area contributed by atoms with Gasteiger partial charge in [-0.15, -0.1) is 13.2 Å². The average Bonchev–Trinajstić information content (AvgIpc) is 2.68. The molecule has 0 spiro atoms. The predicted molar refractivity (Wildman–Crippen MR) is 106 cm³/mol. The molecule has 0 fully saturated rings. The van der Waals surface area contributed by atoms with Crippen LogP contribution in [-0.4, -0.2) is 6.36 Å². The molecule has 3 aromatic carbocycles. The van der Waals surface area contributed by atoms with Crippen molar-refractivity contribution >= 4 is 10.8 Å². The number of ether oxygens (including phenoxy) is 1. The van der Waals surface area contributed by atoms with E-state index < -0.39 is 6.36 Å². The van der Waals surface area contributed by atoms with E-state index in [1.165, 1.54) is 18.2 Å². The van der Waals surface area contributed by atoms with Crippen molar-refractivity contribution in [3.8, 4) is 5.75 Å². The zero-order chi connectivity index (χ0) is 20.6. The van der Waals surface area contributed by atoms with Crippen LogP contribution in [0.1, 0.15) is 48.8 Å². The van der Waals surface area contributed by atoms with E-state index in [-0.39, 0.29) is 17.5 Å². The second-order valence-corrected chi connectivity index (χ2v) is 7.65. The zero-order valence-corrected chi connectivity index (χ0v) is 16.1. The highest BCUT2D eigenvalue weighted by atomic mass is 19.4. The van der Waals surface area contributed by atoms with E-state index in [2.05, 4.69) is 11.7 Å². The van der Waals surface area contributed by atoms with Gasteiger partial charge in [-0.25, -0.2) is 4.39 Å². The third kappa shape index (κ3) is 3.96. The molecule has 1 aliphatic rings. The third-order valence-electron chi connectivity index (χ3n) is 5.86. The van der Waals surface area contributed by atoms with Crippen molar-refractivity contribution < 1.29 is 22.3 Å². The van der Waals surface area contributed by atoms with E-state index in [1.54, 1.807) is 18.2 Å². The Labute approximate surface area is 167 Å². The van der Waals surface area contributed by atoms with E-state index >= 15 is 0 Å². The summed E-state index contributed by atoms with van der Waals surface area (Å²) in [4.78, 5) is 0. The molecule has 0 saturated carbocycles. The SMILES string of the molecule is CCCC1CCc2c(ccc3c(F)cccc23)C1c1ccc(OC(F)(F)F)cc1. The summed E-state index contributed by atoms with van der Waals surface area (Å²) in [6.07, 6.45) is -0.777. The molecular formula is C24H22F4O. The number of fused-ring (bicyclic) bond motifs is 3. The summed E-state index contributed by atoms with van der Waals surface area (Å²) >= 11 is 0. The summed E-state index contributed by atoms with van der Waals surface area (Å²) in [7, 11) is 0. The Hall–Kier alpha value is -2.56. The molecule has 0 saturated heterocycles. The van der Waals surface area contributed by atoms with Gasteiger partial charge in [0.15, 0.2) is 0 Å². The predicted octanol–water partition coefficient (Wildman–Crippen LogP) is 7.37. The average molecular weight is 402 g/mol. The molecule has 0 heterocycles. The maximum absolute atomic E-state index is 14.2. The molecule has 5 heteroatoms. The quantitative estimate of drug-likeness (QED) is 0.414. The van der Waals surface area contributed by atoms with Gasteiger partial charge in [-0.3, -0.25) is 0 Å². The first-order valence-corrected chi connectivity index (χ1v) is 9.93. The van der Waals surface area contributed by atoms with Gasteiger partial charge < -0.3 is 4.74 Å². The van der Waals surface area contributed by atoms with Gasteiger partial charge in [0.1, 0.15) is 11.6 Å². The fourth-order valence-corrected chi connectivity index (χ4v) is 4.73. The molecule has 4 rings (SSSR count). The maximum atomic E-state index is 14.2. The van der Waals surface area contributed by atoms with Crippen molar-refractivity contribution in [2.24, 2.45) is 5.92 Å². The van der Waals surface area contributed by atoms with E-state index in [1.807, 2.05) is 18.2 Å². The number of hydrogen-bond donors (Lipinski definition) is 0. The van der Waals surface area contributed by atoms with Crippen molar-refractivity contribution in [1.29, 1.82) is 0 Å². The number of aryl methyl sites for hydroxylation is 1. The van der Waals surface area contributed by atoms with Crippen LogP contribution in [0.5, 0.6) is 5.75 Å². The summed E-state index contributed by atoms with van der Waals surface area (Å²) < 4.78 is 55.7. The molecule has 0 aromatic heterocycles. The monoisotopic (exact) mass is 402 g/mol. The van der Waals surface area contributed by atoms with Crippen molar-refractivity contribution in [3.63, 3.8) is 0 Å². The van der Waals surface area contributed by atoms with Crippen LogP contribution >= 0.6 is 0 Å². The fourth-order valence-electron chi connectivity index (χ4n) is 4.73. The molecule has 0 N–H and O–H groups in total. The molecule has 152 valence electrons. The summed E-state index contributed by atoms with van der Waals surface area (Å²) in [6, 6.07) is 15.2. The maximum Gasteiger partial charge on any atom is 0.573 e. The van der Waals surface area contributed by atoms with Gasteiger partial charge in [0, 0.05) is 11.3 Å². The highest BCUT2D eigenvalue weighted by Crippen LogP contribution is 2.45. The lowest BCUT2D eigenvalue weighted by atomic mass is 9.69. The van der Waals surface area contributed by atoms with Gasteiger partial charge >= 0.3 is 6.36 Å². The van der Waals surface area contributed by atoms with Gasteiger partial charge in [-0.1, -0.05) is 49.7 Å². The van der Waals surface area contributed by atoms with Crippen LogP contribution in [0.25, 0.3) is 10.8 Å². The molecule has 1 nitrogen and oxygen atoms in total. The Balaban J connectivity index is 1.78. The van der Waals surface area contributed by atoms with Crippen molar-refractivity contribution in [2.45, 2.75) is 44.9 Å². The first kappa shape index (κ1) is 19.7. The standard InChI is InChI=1S/C24H22F4O/c1-2-4-15-9-12-19-18-5-3-6-22(25)20(18)13-14-21(19)23(15)16-7-10-17(11-8-16)29-24(26,27)28/h3,5-8,10-11,13-15,23H,2,4,9,12H2,1H3. The van der Waals surface area contributed by atoms with Gasteiger partial charge in [0.25, 0.3) is 0 Å². The molecule has 0 aliphatic heterocycles. The van der Waals surface area contributed by atoms with Crippen LogP contribution in [0.2, 0.25) is 0 Å². The Morgan fingerprint density at radius 1 is 0.966 bits per heavy atom. The van der Waals surface area contributed by atoms with E-state index in [0.717, 1.165) is 47.8 Å². The lowest BCUT2D eigenvalue weighted by Gasteiger charge is -2.35. The lowest BCUT2D eigenvalue weighted by molar-refractivity contribution is -0.274. The van der Waals surface area contributed by atoms with Gasteiger partial charge in [-0.05, 0) is 65.5 Å². The van der Waals surface area contributed by atoms with E-state index in [9.17, 15) is 17.6 Å². The Morgan fingerprint density at radius 2 is 1.72 bits per heavy atom. The second-order valence-electron chi connectivity index (χ2n) is 7.65. The van der Waals surface area contributed by atoms with Crippen LogP contribution in [0, 0.1) is 11.7 Å². The minimum atomic E-state index is -4.70. The number of rotatable bonds is 4. The Kier molecular flexibility index (Phi) is 5.24. The lowest BCUT2D eigenvalue weighted by Crippen LogP contribution is -2.22. The second kappa shape index (κ2) is 7.69. The third-order valence-corrected chi connectivity index (χ3v) is 5.86. The normalized spacial score (nSPS) is 19.2. The first-order valence-electron chi connectivity index (χ1n) is 9.93. The van der Waals surface area contributed by atoms with Crippen LogP contribution in [0.3, 0.4) is 0 Å². The molecular weight excluding hydrogens is 380 g/mol. The molecule has 1 aliphatic carbocycles. The van der Waals surface area contributed by atoms with Crippen molar-refractivity contribution in [1.82, 2.24) is 0 Å². The Bertz CT molecular complexity index is 1010. The van der Waals surface area contributed by atoms with Crippen LogP contribution in [0.15, 0.2) is 54.6 Å². The van der Waals surface area contributed by atoms with Crippen molar-refractivity contribution in [3.05, 3.63) is 77.1 Å². The number of alkyl halides is 3. The highest BCUT2D eigenvalue weighted by molar-refractivity contribution is 5.88. The minimum Gasteiger partial charge on any atom is -0.406 e. The van der Waals surface area contributed by atoms with Gasteiger partial charge in [0.2, 0.25) is 0 Å². The smallest absolute Gasteiger partial charge is 0.406 e. The fraction of sp³-hybridized carbons (Fsp3) is 0.333. The number of halogens is 4. The molecule has 0 radical (unpaired) electrons. The molecule has 29 heavy (non-hydrogen) atoms. The van der Waals surface area contributed by atoms with Crippen LogP contribution < -0.4 is 4.74 Å². The molecule has 2 atom stereocenters. The number of hydrogen-bond acceptors (Lipinski definition) is 1. The minimum absolute atomic E-state index is 0.0753. The molecule has 3 aromatic rings. The number of benzene rings is 3.